The highest BCUT2D eigenvalue weighted by Crippen LogP contribution is 2.39. The van der Waals surface area contributed by atoms with Crippen LogP contribution in [-0.2, 0) is 25.6 Å². The highest BCUT2D eigenvalue weighted by Gasteiger charge is 2.54. The number of aliphatic hydroxyl groups excluding tert-OH is 1. The average Bonchev–Trinajstić information content (AvgIpc) is 2.81. The lowest BCUT2D eigenvalue weighted by Gasteiger charge is -2.37. The van der Waals surface area contributed by atoms with Gasteiger partial charge in [-0.1, -0.05) is 30.3 Å². The van der Waals surface area contributed by atoms with Gasteiger partial charge in [-0.25, -0.2) is 0 Å². The van der Waals surface area contributed by atoms with Crippen LogP contribution in [0.15, 0.2) is 30.3 Å². The highest BCUT2D eigenvalue weighted by atomic mass is 35.5. The maximum atomic E-state index is 9.94. The summed E-state index contributed by atoms with van der Waals surface area (Å²) < 4.78 is 22.9. The Hall–Kier alpha value is -0.690. The summed E-state index contributed by atoms with van der Waals surface area (Å²) in [6.45, 7) is 4.42. The zero-order valence-electron chi connectivity index (χ0n) is 12.6. The van der Waals surface area contributed by atoms with E-state index in [1.807, 2.05) is 44.2 Å². The van der Waals surface area contributed by atoms with Crippen molar-refractivity contribution >= 4 is 11.6 Å². The van der Waals surface area contributed by atoms with E-state index in [0.29, 0.717) is 13.2 Å². The van der Waals surface area contributed by atoms with E-state index in [4.69, 9.17) is 30.5 Å². The Morgan fingerprint density at radius 3 is 2.59 bits per heavy atom. The van der Waals surface area contributed by atoms with Crippen molar-refractivity contribution in [1.29, 1.82) is 0 Å². The van der Waals surface area contributed by atoms with Gasteiger partial charge in [-0.2, -0.15) is 0 Å². The monoisotopic (exact) mass is 328 g/mol. The molecule has 122 valence electrons. The van der Waals surface area contributed by atoms with Crippen molar-refractivity contribution in [1.82, 2.24) is 0 Å². The maximum Gasteiger partial charge on any atom is 0.174 e. The molecule has 0 saturated carbocycles. The first kappa shape index (κ1) is 16.2. The summed E-state index contributed by atoms with van der Waals surface area (Å²) in [5, 5.41) is 9.28. The van der Waals surface area contributed by atoms with Crippen molar-refractivity contribution in [3.05, 3.63) is 35.9 Å². The van der Waals surface area contributed by atoms with Gasteiger partial charge in [0, 0.05) is 0 Å². The van der Waals surface area contributed by atoms with Gasteiger partial charge in [0.1, 0.15) is 23.7 Å². The minimum Gasteiger partial charge on any atom is -0.374 e. The number of alkyl halides is 1. The van der Waals surface area contributed by atoms with Gasteiger partial charge in [-0.15, -0.1) is 11.6 Å². The molecule has 2 heterocycles. The molecule has 0 amide bonds. The van der Waals surface area contributed by atoms with Crippen LogP contribution in [0.3, 0.4) is 0 Å². The van der Waals surface area contributed by atoms with Crippen LogP contribution in [0.25, 0.3) is 0 Å². The predicted octanol–water partition coefficient (Wildman–Crippen LogP) is 2.05. The van der Waals surface area contributed by atoms with Gasteiger partial charge in [0.2, 0.25) is 0 Å². The number of aliphatic hydroxyl groups is 1. The van der Waals surface area contributed by atoms with Gasteiger partial charge < -0.3 is 24.1 Å². The fourth-order valence-corrected chi connectivity index (χ4v) is 3.10. The molecule has 1 N–H and O–H groups in total. The Morgan fingerprint density at radius 1 is 1.18 bits per heavy atom. The van der Waals surface area contributed by atoms with E-state index in [1.54, 1.807) is 0 Å². The summed E-state index contributed by atoms with van der Waals surface area (Å²) in [6.07, 6.45) is -2.27. The lowest BCUT2D eigenvalue weighted by atomic mass is 10.0. The third kappa shape index (κ3) is 3.45. The number of hydrogen-bond acceptors (Lipinski definition) is 5. The topological polar surface area (TPSA) is 57.2 Å². The Bertz CT molecular complexity index is 495. The zero-order chi connectivity index (χ0) is 15.7. The van der Waals surface area contributed by atoms with Gasteiger partial charge in [-0.05, 0) is 19.4 Å². The summed E-state index contributed by atoms with van der Waals surface area (Å²) in [5.74, 6) is -0.742. The molecule has 2 aliphatic heterocycles. The van der Waals surface area contributed by atoms with Crippen LogP contribution in [-0.4, -0.2) is 47.5 Å². The molecular formula is C16H21ClO5. The van der Waals surface area contributed by atoms with Crippen molar-refractivity contribution in [2.45, 2.75) is 56.2 Å². The van der Waals surface area contributed by atoms with Gasteiger partial charge in [0.25, 0.3) is 0 Å². The maximum absolute atomic E-state index is 9.94. The van der Waals surface area contributed by atoms with Gasteiger partial charge in [0.15, 0.2) is 12.1 Å². The molecule has 5 atom stereocenters. The zero-order valence-corrected chi connectivity index (χ0v) is 13.4. The first-order chi connectivity index (χ1) is 10.5. The summed E-state index contributed by atoms with van der Waals surface area (Å²) in [7, 11) is 0. The van der Waals surface area contributed by atoms with Crippen LogP contribution in [0, 0.1) is 0 Å². The Labute approximate surface area is 135 Å². The average molecular weight is 329 g/mol. The molecule has 6 heteroatoms. The normalized spacial score (nSPS) is 37.0. The number of ether oxygens (including phenoxy) is 4. The molecule has 2 fully saturated rings. The number of halogens is 1. The largest absolute Gasteiger partial charge is 0.374 e. The Balaban J connectivity index is 1.60. The minimum atomic E-state index is -1.09. The molecule has 1 aromatic carbocycles. The standard InChI is InChI=1S/C16H21ClO5/c1-16(2)21-13-11(20-15(18)12(17)14(13)22-16)9-19-8-10-6-4-3-5-7-10/h3-7,11-15,18H,8-9H2,1-2H3/t11-,12?,13+,14-,15?/m1/s1. The van der Waals surface area contributed by atoms with E-state index in [0.717, 1.165) is 5.56 Å². The summed E-state index contributed by atoms with van der Waals surface area (Å²) >= 11 is 6.17. The van der Waals surface area contributed by atoms with Crippen molar-refractivity contribution in [3.63, 3.8) is 0 Å². The molecule has 0 aliphatic carbocycles. The Morgan fingerprint density at radius 2 is 1.86 bits per heavy atom. The van der Waals surface area contributed by atoms with Crippen LogP contribution in [0.4, 0.5) is 0 Å². The summed E-state index contributed by atoms with van der Waals surface area (Å²) in [6, 6.07) is 9.87. The third-order valence-electron chi connectivity index (χ3n) is 3.82. The lowest BCUT2D eigenvalue weighted by Crippen LogP contribution is -2.55. The summed E-state index contributed by atoms with van der Waals surface area (Å²) in [5.41, 5.74) is 1.08. The smallest absolute Gasteiger partial charge is 0.174 e. The van der Waals surface area contributed by atoms with Gasteiger partial charge in [-0.3, -0.25) is 0 Å². The van der Waals surface area contributed by atoms with Crippen molar-refractivity contribution in [2.75, 3.05) is 6.61 Å². The molecule has 1 aromatic rings. The quantitative estimate of drug-likeness (QED) is 0.857. The first-order valence-electron chi connectivity index (χ1n) is 7.41. The molecule has 2 saturated heterocycles. The second-order valence-electron chi connectivity index (χ2n) is 6.08. The molecule has 2 aliphatic rings. The van der Waals surface area contributed by atoms with Gasteiger partial charge in [0.05, 0.1) is 13.2 Å². The second kappa shape index (κ2) is 6.43. The number of fused-ring (bicyclic) bond motifs is 1. The number of hydrogen-bond donors (Lipinski definition) is 1. The SMILES string of the molecule is CC1(C)O[C@@H]2[C@H](O1)C(Cl)C(O)O[C@@H]2COCc1ccccc1. The second-order valence-corrected chi connectivity index (χ2v) is 6.58. The molecular weight excluding hydrogens is 308 g/mol. The molecule has 0 spiro atoms. The van der Waals surface area contributed by atoms with Crippen LogP contribution >= 0.6 is 11.6 Å². The minimum absolute atomic E-state index is 0.302. The molecule has 5 nitrogen and oxygen atoms in total. The van der Waals surface area contributed by atoms with E-state index in [1.165, 1.54) is 0 Å². The fourth-order valence-electron chi connectivity index (χ4n) is 2.85. The van der Waals surface area contributed by atoms with Gasteiger partial charge >= 0.3 is 0 Å². The number of benzene rings is 1. The first-order valence-corrected chi connectivity index (χ1v) is 7.85. The van der Waals surface area contributed by atoms with Crippen molar-refractivity contribution in [2.24, 2.45) is 0 Å². The van der Waals surface area contributed by atoms with E-state index < -0.39 is 29.7 Å². The molecule has 0 aromatic heterocycles. The van der Waals surface area contributed by atoms with Crippen molar-refractivity contribution in [3.8, 4) is 0 Å². The van der Waals surface area contributed by atoms with Crippen LogP contribution in [0.5, 0.6) is 0 Å². The predicted molar refractivity (Wildman–Crippen MR) is 80.4 cm³/mol. The third-order valence-corrected chi connectivity index (χ3v) is 4.29. The molecule has 0 radical (unpaired) electrons. The van der Waals surface area contributed by atoms with Crippen LogP contribution in [0.2, 0.25) is 0 Å². The lowest BCUT2D eigenvalue weighted by molar-refractivity contribution is -0.220. The highest BCUT2D eigenvalue weighted by molar-refractivity contribution is 6.21. The molecule has 22 heavy (non-hydrogen) atoms. The van der Waals surface area contributed by atoms with E-state index in [-0.39, 0.29) is 6.10 Å². The van der Waals surface area contributed by atoms with Crippen LogP contribution in [0.1, 0.15) is 19.4 Å². The summed E-state index contributed by atoms with van der Waals surface area (Å²) in [4.78, 5) is 0. The molecule has 3 rings (SSSR count). The Kier molecular flexibility index (Phi) is 4.73. The number of rotatable bonds is 4. The van der Waals surface area contributed by atoms with E-state index in [2.05, 4.69) is 0 Å². The van der Waals surface area contributed by atoms with E-state index >= 15 is 0 Å². The molecule has 2 unspecified atom stereocenters. The molecule has 0 bridgehead atoms. The van der Waals surface area contributed by atoms with Crippen molar-refractivity contribution < 1.29 is 24.1 Å². The fraction of sp³-hybridized carbons (Fsp3) is 0.625. The van der Waals surface area contributed by atoms with E-state index in [9.17, 15) is 5.11 Å². The van der Waals surface area contributed by atoms with Crippen LogP contribution < -0.4 is 0 Å².